The molecule has 0 saturated heterocycles. The molecule has 6 nitrogen and oxygen atoms in total. The lowest BCUT2D eigenvalue weighted by Crippen LogP contribution is -2.42. The zero-order chi connectivity index (χ0) is 13.1. The molecule has 2 rings (SSSR count). The van der Waals surface area contributed by atoms with Crippen LogP contribution in [0.3, 0.4) is 0 Å². The topological polar surface area (TPSA) is 78.9 Å². The van der Waals surface area contributed by atoms with Gasteiger partial charge in [-0.2, -0.15) is 0 Å². The first-order valence-electron chi connectivity index (χ1n) is 5.54. The monoisotopic (exact) mass is 250 g/mol. The van der Waals surface area contributed by atoms with Gasteiger partial charge >= 0.3 is 5.97 Å². The Kier molecular flexibility index (Phi) is 3.47. The van der Waals surface area contributed by atoms with Crippen LogP contribution in [0.4, 0.5) is 5.69 Å². The van der Waals surface area contributed by atoms with Crippen molar-refractivity contribution < 1.29 is 19.4 Å². The summed E-state index contributed by atoms with van der Waals surface area (Å²) in [7, 11) is 1.82. The smallest absolute Gasteiger partial charge is 0.323 e. The van der Waals surface area contributed by atoms with Crippen LogP contribution in [0.5, 0.6) is 5.75 Å². The van der Waals surface area contributed by atoms with E-state index in [2.05, 4.69) is 5.32 Å². The highest BCUT2D eigenvalue weighted by Gasteiger charge is 2.27. The predicted molar refractivity (Wildman–Crippen MR) is 64.7 cm³/mol. The summed E-state index contributed by atoms with van der Waals surface area (Å²) < 4.78 is 5.28. The van der Waals surface area contributed by atoms with Crippen LogP contribution in [0.15, 0.2) is 18.2 Å². The van der Waals surface area contributed by atoms with Crippen LogP contribution in [0.2, 0.25) is 0 Å². The molecule has 1 aromatic rings. The van der Waals surface area contributed by atoms with E-state index in [0.717, 1.165) is 5.56 Å². The van der Waals surface area contributed by atoms with Gasteiger partial charge in [0.1, 0.15) is 12.3 Å². The Hall–Kier alpha value is -2.08. The molecule has 1 amide bonds. The Bertz CT molecular complexity index is 487. The van der Waals surface area contributed by atoms with E-state index >= 15 is 0 Å². The molecule has 0 aromatic heterocycles. The maximum absolute atomic E-state index is 11.7. The van der Waals surface area contributed by atoms with E-state index in [1.165, 1.54) is 4.90 Å². The van der Waals surface area contributed by atoms with Gasteiger partial charge in [0.15, 0.2) is 6.61 Å². The van der Waals surface area contributed by atoms with Crippen molar-refractivity contribution >= 4 is 17.6 Å². The molecule has 0 fully saturated rings. The fraction of sp³-hybridized carbons (Fsp3) is 0.333. The Morgan fingerprint density at radius 1 is 1.56 bits per heavy atom. The van der Waals surface area contributed by atoms with Crippen LogP contribution in [0, 0.1) is 0 Å². The number of amides is 1. The lowest BCUT2D eigenvalue weighted by molar-refractivity contribution is -0.137. The molecular weight excluding hydrogens is 236 g/mol. The fourth-order valence-electron chi connectivity index (χ4n) is 1.87. The third-order valence-corrected chi connectivity index (χ3v) is 2.64. The Balaban J connectivity index is 2.36. The highest BCUT2D eigenvalue weighted by atomic mass is 16.5. The molecule has 1 aromatic carbocycles. The van der Waals surface area contributed by atoms with Crippen LogP contribution in [-0.4, -0.2) is 37.2 Å². The molecule has 0 saturated carbocycles. The molecule has 18 heavy (non-hydrogen) atoms. The highest BCUT2D eigenvalue weighted by Crippen LogP contribution is 2.32. The highest BCUT2D eigenvalue weighted by molar-refractivity contribution is 6.01. The number of anilines is 1. The standard InChI is InChI=1S/C12H14N2O4/c1-13-5-8-2-3-10-9(4-8)14(6-12(16)17)11(15)7-18-10/h2-4,13H,5-7H2,1H3,(H,16,17). The number of benzene rings is 1. The molecule has 0 spiro atoms. The van der Waals surface area contributed by atoms with Gasteiger partial charge in [0, 0.05) is 6.54 Å². The van der Waals surface area contributed by atoms with Crippen molar-refractivity contribution in [3.63, 3.8) is 0 Å². The number of nitrogens with zero attached hydrogens (tertiary/aromatic N) is 1. The summed E-state index contributed by atoms with van der Waals surface area (Å²) in [6.45, 7) is 0.173. The molecule has 0 atom stereocenters. The van der Waals surface area contributed by atoms with Crippen LogP contribution in [0.1, 0.15) is 5.56 Å². The van der Waals surface area contributed by atoms with Crippen molar-refractivity contribution in [2.24, 2.45) is 0 Å². The number of hydrogen-bond donors (Lipinski definition) is 2. The first-order valence-corrected chi connectivity index (χ1v) is 5.54. The lowest BCUT2D eigenvalue weighted by atomic mass is 10.1. The summed E-state index contributed by atoms with van der Waals surface area (Å²) in [5, 5.41) is 11.8. The summed E-state index contributed by atoms with van der Waals surface area (Å²) in [5.41, 5.74) is 1.48. The van der Waals surface area contributed by atoms with Crippen molar-refractivity contribution in [2.45, 2.75) is 6.54 Å². The summed E-state index contributed by atoms with van der Waals surface area (Å²) in [6, 6.07) is 5.40. The molecule has 1 aliphatic rings. The number of carbonyl (C=O) groups excluding carboxylic acids is 1. The Morgan fingerprint density at radius 3 is 3.00 bits per heavy atom. The maximum Gasteiger partial charge on any atom is 0.323 e. The average Bonchev–Trinajstić information content (AvgIpc) is 2.33. The normalized spacial score (nSPS) is 14.1. The summed E-state index contributed by atoms with van der Waals surface area (Å²) in [5.74, 6) is -0.850. The number of rotatable bonds is 4. The van der Waals surface area contributed by atoms with E-state index in [1.807, 2.05) is 13.1 Å². The van der Waals surface area contributed by atoms with Gasteiger partial charge in [-0.1, -0.05) is 6.07 Å². The quantitative estimate of drug-likeness (QED) is 0.799. The lowest BCUT2D eigenvalue weighted by Gasteiger charge is -2.28. The van der Waals surface area contributed by atoms with E-state index in [9.17, 15) is 9.59 Å². The molecule has 1 heterocycles. The number of hydrogen-bond acceptors (Lipinski definition) is 4. The molecule has 0 aliphatic carbocycles. The van der Waals surface area contributed by atoms with Crippen molar-refractivity contribution in [1.82, 2.24) is 5.32 Å². The second-order valence-electron chi connectivity index (χ2n) is 3.99. The van der Waals surface area contributed by atoms with Gasteiger partial charge in [-0.3, -0.25) is 14.5 Å². The number of carboxylic acids is 1. The van der Waals surface area contributed by atoms with E-state index in [-0.39, 0.29) is 19.1 Å². The zero-order valence-corrected chi connectivity index (χ0v) is 9.97. The fourth-order valence-corrected chi connectivity index (χ4v) is 1.87. The van der Waals surface area contributed by atoms with Crippen molar-refractivity contribution in [3.05, 3.63) is 23.8 Å². The summed E-state index contributed by atoms with van der Waals surface area (Å²) in [4.78, 5) is 23.7. The molecule has 2 N–H and O–H groups in total. The predicted octanol–water partition coefficient (Wildman–Crippen LogP) is 0.216. The van der Waals surface area contributed by atoms with Gasteiger partial charge in [0.2, 0.25) is 0 Å². The van der Waals surface area contributed by atoms with Gasteiger partial charge in [0.05, 0.1) is 5.69 Å². The van der Waals surface area contributed by atoms with Crippen LogP contribution in [0.25, 0.3) is 0 Å². The second-order valence-corrected chi connectivity index (χ2v) is 3.99. The van der Waals surface area contributed by atoms with Gasteiger partial charge in [-0.25, -0.2) is 0 Å². The average molecular weight is 250 g/mol. The van der Waals surface area contributed by atoms with Crippen LogP contribution >= 0.6 is 0 Å². The second kappa shape index (κ2) is 5.05. The largest absolute Gasteiger partial charge is 0.482 e. The minimum Gasteiger partial charge on any atom is -0.482 e. The van der Waals surface area contributed by atoms with Gasteiger partial charge < -0.3 is 15.2 Å². The maximum atomic E-state index is 11.7. The van der Waals surface area contributed by atoms with E-state index in [0.29, 0.717) is 18.0 Å². The summed E-state index contributed by atoms with van der Waals surface area (Å²) >= 11 is 0. The molecule has 96 valence electrons. The molecule has 0 bridgehead atoms. The molecule has 0 unspecified atom stereocenters. The van der Waals surface area contributed by atoms with Crippen LogP contribution < -0.4 is 15.0 Å². The summed E-state index contributed by atoms with van der Waals surface area (Å²) in [6.07, 6.45) is 0. The minimum atomic E-state index is -1.05. The molecule has 6 heteroatoms. The van der Waals surface area contributed by atoms with Gasteiger partial charge in [-0.05, 0) is 24.7 Å². The SMILES string of the molecule is CNCc1ccc2c(c1)N(CC(=O)O)C(=O)CO2. The first-order chi connectivity index (χ1) is 8.61. The number of carboxylic acid groups (broad SMARTS) is 1. The van der Waals surface area contributed by atoms with Gasteiger partial charge in [0.25, 0.3) is 5.91 Å². The third kappa shape index (κ3) is 2.43. The van der Waals surface area contributed by atoms with E-state index < -0.39 is 5.97 Å². The molecule has 0 radical (unpaired) electrons. The number of aliphatic carboxylic acids is 1. The number of ether oxygens (including phenoxy) is 1. The van der Waals surface area contributed by atoms with Gasteiger partial charge in [-0.15, -0.1) is 0 Å². The van der Waals surface area contributed by atoms with E-state index in [1.54, 1.807) is 12.1 Å². The van der Waals surface area contributed by atoms with Crippen molar-refractivity contribution in [3.8, 4) is 5.75 Å². The van der Waals surface area contributed by atoms with Crippen LogP contribution in [-0.2, 0) is 16.1 Å². The molecular formula is C12H14N2O4. The van der Waals surface area contributed by atoms with E-state index in [4.69, 9.17) is 9.84 Å². The Labute approximate surface area is 104 Å². The Morgan fingerprint density at radius 2 is 2.33 bits per heavy atom. The number of fused-ring (bicyclic) bond motifs is 1. The zero-order valence-electron chi connectivity index (χ0n) is 9.97. The van der Waals surface area contributed by atoms with Crippen molar-refractivity contribution in [2.75, 3.05) is 25.1 Å². The van der Waals surface area contributed by atoms with Crippen molar-refractivity contribution in [1.29, 1.82) is 0 Å². The molecule has 1 aliphatic heterocycles. The third-order valence-electron chi connectivity index (χ3n) is 2.64. The minimum absolute atomic E-state index is 0.119. The number of nitrogens with one attached hydrogen (secondary N) is 1. The first kappa shape index (κ1) is 12.4. The number of carbonyl (C=O) groups is 2.